The number of rotatable bonds is 5. The van der Waals surface area contributed by atoms with E-state index >= 15 is 0 Å². The highest BCUT2D eigenvalue weighted by Gasteiger charge is 2.40. The van der Waals surface area contributed by atoms with Gasteiger partial charge in [-0.3, -0.25) is 4.98 Å². The molecule has 2 heterocycles. The molecule has 0 radical (unpaired) electrons. The van der Waals surface area contributed by atoms with Gasteiger partial charge in [-0.1, -0.05) is 53.9 Å². The lowest BCUT2D eigenvalue weighted by Crippen LogP contribution is -2.38. The molecule has 1 N–H and O–H groups in total. The molecule has 2 aromatic heterocycles. The average molecular weight is 448 g/mol. The molecule has 2 aromatic carbocycles. The summed E-state index contributed by atoms with van der Waals surface area (Å²) in [4.78, 5) is 8.73. The first-order valence-corrected chi connectivity index (χ1v) is 10.1. The zero-order valence-electron chi connectivity index (χ0n) is 15.4. The normalized spacial score (nSPS) is 14.7. The van der Waals surface area contributed by atoms with Gasteiger partial charge >= 0.3 is 0 Å². The predicted molar refractivity (Wildman–Crippen MR) is 116 cm³/mol. The molecule has 0 saturated carbocycles. The molecule has 2 unspecified atom stereocenters. The summed E-state index contributed by atoms with van der Waals surface area (Å²) in [6.45, 7) is 2.06. The SMILES string of the molecule is CC(c1ccc2cc(Cl)ccc2n1)C(O)(Cn1cncn1)c1ccc(Cl)cc1Cl. The second kappa shape index (κ2) is 7.92. The number of nitrogens with zero attached hydrogens (tertiary/aromatic N) is 4. The predicted octanol–water partition coefficient (Wildman–Crippen LogP) is 5.48. The van der Waals surface area contributed by atoms with Crippen molar-refractivity contribution in [3.05, 3.63) is 87.5 Å². The minimum absolute atomic E-state index is 0.149. The van der Waals surface area contributed by atoms with Crippen molar-refractivity contribution in [1.29, 1.82) is 0 Å². The highest BCUT2D eigenvalue weighted by atomic mass is 35.5. The van der Waals surface area contributed by atoms with Gasteiger partial charge in [0.15, 0.2) is 0 Å². The summed E-state index contributed by atoms with van der Waals surface area (Å²) in [5.41, 5.74) is 0.657. The zero-order valence-corrected chi connectivity index (χ0v) is 17.7. The molecule has 2 atom stereocenters. The molecule has 0 fully saturated rings. The number of aromatic nitrogens is 4. The van der Waals surface area contributed by atoms with E-state index in [1.807, 2.05) is 31.2 Å². The van der Waals surface area contributed by atoms with E-state index in [1.165, 1.54) is 6.33 Å². The average Bonchev–Trinajstić information content (AvgIpc) is 3.19. The number of fused-ring (bicyclic) bond motifs is 1. The fourth-order valence-corrected chi connectivity index (χ4v) is 4.21. The maximum absolute atomic E-state index is 11.9. The van der Waals surface area contributed by atoms with Gasteiger partial charge in [0.25, 0.3) is 0 Å². The Hall–Kier alpha value is -2.18. The van der Waals surface area contributed by atoms with Crippen molar-refractivity contribution in [2.24, 2.45) is 0 Å². The van der Waals surface area contributed by atoms with Crippen molar-refractivity contribution in [3.8, 4) is 0 Å². The van der Waals surface area contributed by atoms with Gasteiger partial charge in [-0.15, -0.1) is 0 Å². The van der Waals surface area contributed by atoms with Crippen molar-refractivity contribution in [3.63, 3.8) is 0 Å². The quantitative estimate of drug-likeness (QED) is 0.440. The molecular formula is C21H17Cl3N4O. The van der Waals surface area contributed by atoms with Gasteiger partial charge in [-0.25, -0.2) is 9.67 Å². The van der Waals surface area contributed by atoms with E-state index in [9.17, 15) is 5.11 Å². The van der Waals surface area contributed by atoms with Crippen LogP contribution in [0.2, 0.25) is 15.1 Å². The van der Waals surface area contributed by atoms with Crippen LogP contribution in [0.25, 0.3) is 10.9 Å². The molecule has 0 spiro atoms. The van der Waals surface area contributed by atoms with E-state index in [2.05, 4.69) is 10.1 Å². The van der Waals surface area contributed by atoms with E-state index < -0.39 is 11.5 Å². The van der Waals surface area contributed by atoms with E-state index in [-0.39, 0.29) is 6.54 Å². The molecule has 0 saturated heterocycles. The molecule has 8 heteroatoms. The standard InChI is InChI=1S/C21H17Cl3N4O/c1-13(19-6-2-14-8-15(22)4-7-20(14)27-19)21(29,10-28-12-25-11-26-28)17-5-3-16(23)9-18(17)24/h2-9,11-13,29H,10H2,1H3. The Labute approximate surface area is 182 Å². The summed E-state index contributed by atoms with van der Waals surface area (Å²) in [7, 11) is 0. The fourth-order valence-electron chi connectivity index (χ4n) is 3.46. The molecule has 4 rings (SSSR count). The second-order valence-electron chi connectivity index (χ2n) is 6.94. The van der Waals surface area contributed by atoms with Crippen LogP contribution in [0.3, 0.4) is 0 Å². The first-order chi connectivity index (χ1) is 13.9. The van der Waals surface area contributed by atoms with Crippen LogP contribution < -0.4 is 0 Å². The van der Waals surface area contributed by atoms with Crippen LogP contribution in [-0.4, -0.2) is 24.9 Å². The summed E-state index contributed by atoms with van der Waals surface area (Å²) >= 11 is 18.6. The first kappa shape index (κ1) is 20.1. The summed E-state index contributed by atoms with van der Waals surface area (Å²) in [5, 5.41) is 18.5. The third-order valence-corrected chi connectivity index (χ3v) is 5.88. The number of aliphatic hydroxyl groups is 1. The topological polar surface area (TPSA) is 63.8 Å². The smallest absolute Gasteiger partial charge is 0.137 e. The lowest BCUT2D eigenvalue weighted by molar-refractivity contribution is -0.00894. The van der Waals surface area contributed by atoms with E-state index in [1.54, 1.807) is 35.3 Å². The van der Waals surface area contributed by atoms with E-state index in [0.29, 0.717) is 26.3 Å². The lowest BCUT2D eigenvalue weighted by Gasteiger charge is -2.35. The molecule has 0 bridgehead atoms. The van der Waals surface area contributed by atoms with Crippen LogP contribution in [0.4, 0.5) is 0 Å². The molecule has 29 heavy (non-hydrogen) atoms. The number of halogens is 3. The zero-order chi connectivity index (χ0) is 20.6. The summed E-state index contributed by atoms with van der Waals surface area (Å²) in [6.07, 6.45) is 2.98. The highest BCUT2D eigenvalue weighted by Crippen LogP contribution is 2.41. The van der Waals surface area contributed by atoms with Gasteiger partial charge in [-0.2, -0.15) is 5.10 Å². The van der Waals surface area contributed by atoms with Crippen molar-refractivity contribution >= 4 is 45.7 Å². The van der Waals surface area contributed by atoms with Crippen LogP contribution in [0.5, 0.6) is 0 Å². The highest BCUT2D eigenvalue weighted by molar-refractivity contribution is 6.35. The Balaban J connectivity index is 1.82. The third-order valence-electron chi connectivity index (χ3n) is 5.10. The fraction of sp³-hybridized carbons (Fsp3) is 0.190. The minimum atomic E-state index is -1.40. The molecule has 5 nitrogen and oxygen atoms in total. The number of hydrogen-bond acceptors (Lipinski definition) is 4. The van der Waals surface area contributed by atoms with Crippen molar-refractivity contribution < 1.29 is 5.11 Å². The molecule has 0 aliphatic rings. The number of benzene rings is 2. The maximum atomic E-state index is 11.9. The first-order valence-electron chi connectivity index (χ1n) is 8.93. The minimum Gasteiger partial charge on any atom is -0.382 e. The van der Waals surface area contributed by atoms with Crippen LogP contribution in [0.1, 0.15) is 24.1 Å². The second-order valence-corrected chi connectivity index (χ2v) is 8.22. The van der Waals surface area contributed by atoms with Gasteiger partial charge in [0, 0.05) is 37.6 Å². The molecule has 4 aromatic rings. The summed E-state index contributed by atoms with van der Waals surface area (Å²) < 4.78 is 1.57. The maximum Gasteiger partial charge on any atom is 0.137 e. The van der Waals surface area contributed by atoms with Gasteiger partial charge in [0.05, 0.1) is 12.1 Å². The molecule has 0 aliphatic heterocycles. The third kappa shape index (κ3) is 3.96. The van der Waals surface area contributed by atoms with Gasteiger partial charge in [0.1, 0.15) is 18.3 Å². The molecule has 0 amide bonds. The Morgan fingerprint density at radius 1 is 1.03 bits per heavy atom. The van der Waals surface area contributed by atoms with Crippen molar-refractivity contribution in [2.75, 3.05) is 0 Å². The number of hydrogen-bond donors (Lipinski definition) is 1. The Morgan fingerprint density at radius 3 is 2.52 bits per heavy atom. The van der Waals surface area contributed by atoms with Crippen LogP contribution in [0.15, 0.2) is 61.2 Å². The van der Waals surface area contributed by atoms with Crippen LogP contribution in [0, 0.1) is 0 Å². The monoisotopic (exact) mass is 446 g/mol. The Bertz CT molecular complexity index is 1170. The van der Waals surface area contributed by atoms with Crippen LogP contribution >= 0.6 is 34.8 Å². The lowest BCUT2D eigenvalue weighted by atomic mass is 9.80. The van der Waals surface area contributed by atoms with Crippen LogP contribution in [-0.2, 0) is 12.1 Å². The summed E-state index contributed by atoms with van der Waals surface area (Å²) in [5.74, 6) is -0.412. The van der Waals surface area contributed by atoms with Gasteiger partial charge < -0.3 is 5.11 Å². The van der Waals surface area contributed by atoms with Gasteiger partial charge in [0.2, 0.25) is 0 Å². The van der Waals surface area contributed by atoms with Crippen molar-refractivity contribution in [1.82, 2.24) is 19.7 Å². The molecule has 0 aliphatic carbocycles. The van der Waals surface area contributed by atoms with Gasteiger partial charge in [-0.05, 0) is 36.4 Å². The molecule has 148 valence electrons. The molecular weight excluding hydrogens is 431 g/mol. The Morgan fingerprint density at radius 2 is 1.79 bits per heavy atom. The largest absolute Gasteiger partial charge is 0.382 e. The van der Waals surface area contributed by atoms with E-state index in [0.717, 1.165) is 10.9 Å². The number of pyridine rings is 1. The Kier molecular flexibility index (Phi) is 5.49. The van der Waals surface area contributed by atoms with Crippen molar-refractivity contribution in [2.45, 2.75) is 25.0 Å². The van der Waals surface area contributed by atoms with E-state index in [4.69, 9.17) is 39.8 Å². The summed E-state index contributed by atoms with van der Waals surface area (Å²) in [6, 6.07) is 14.4.